The lowest BCUT2D eigenvalue weighted by Gasteiger charge is -2.12. The third-order valence-corrected chi connectivity index (χ3v) is 4.10. The predicted octanol–water partition coefficient (Wildman–Crippen LogP) is 3.17. The summed E-state index contributed by atoms with van der Waals surface area (Å²) in [5.41, 5.74) is 2.39. The number of nitrogens with zero attached hydrogens (tertiary/aromatic N) is 2. The highest BCUT2D eigenvalue weighted by molar-refractivity contribution is 7.99. The van der Waals surface area contributed by atoms with Crippen LogP contribution in [0.2, 0.25) is 0 Å². The molecule has 4 heteroatoms. The fourth-order valence-electron chi connectivity index (χ4n) is 2.11. The molecular formula is C15H21N3S. The first-order valence-electron chi connectivity index (χ1n) is 6.58. The highest BCUT2D eigenvalue weighted by Crippen LogP contribution is 2.18. The fourth-order valence-corrected chi connectivity index (χ4v) is 2.92. The van der Waals surface area contributed by atoms with Crippen LogP contribution >= 0.6 is 11.8 Å². The molecule has 0 saturated carbocycles. The van der Waals surface area contributed by atoms with E-state index in [1.807, 2.05) is 23.5 Å². The van der Waals surface area contributed by atoms with Gasteiger partial charge in [-0.2, -0.15) is 5.10 Å². The lowest BCUT2D eigenvalue weighted by molar-refractivity contribution is 0.598. The summed E-state index contributed by atoms with van der Waals surface area (Å²) in [6.45, 7) is 5.25. The molecule has 0 aliphatic rings. The first-order chi connectivity index (χ1) is 9.16. The highest BCUT2D eigenvalue weighted by atomic mass is 32.2. The first-order valence-corrected chi connectivity index (χ1v) is 7.57. The van der Waals surface area contributed by atoms with Crippen LogP contribution in [0, 0.1) is 6.92 Å². The molecule has 0 bridgehead atoms. The standard InChI is InChI=1S/C15H21N3S/c1-12(15-11-18(3)17-13(15)2)16-9-10-19-14-7-5-4-6-8-14/h4-8,11-12,16H,9-10H2,1-3H3. The quantitative estimate of drug-likeness (QED) is 0.648. The van der Waals surface area contributed by atoms with Crippen molar-refractivity contribution < 1.29 is 0 Å². The third-order valence-electron chi connectivity index (χ3n) is 3.08. The third kappa shape index (κ3) is 4.11. The summed E-state index contributed by atoms with van der Waals surface area (Å²) in [5.74, 6) is 1.08. The van der Waals surface area contributed by atoms with Gasteiger partial charge in [-0.3, -0.25) is 4.68 Å². The molecule has 0 radical (unpaired) electrons. The minimum absolute atomic E-state index is 0.352. The molecule has 1 heterocycles. The maximum absolute atomic E-state index is 4.38. The average Bonchev–Trinajstić information content (AvgIpc) is 2.75. The maximum Gasteiger partial charge on any atom is 0.0641 e. The molecule has 1 N–H and O–H groups in total. The van der Waals surface area contributed by atoms with Crippen LogP contribution < -0.4 is 5.32 Å². The van der Waals surface area contributed by atoms with E-state index in [-0.39, 0.29) is 0 Å². The van der Waals surface area contributed by atoms with Crippen molar-refractivity contribution in [2.75, 3.05) is 12.3 Å². The van der Waals surface area contributed by atoms with Crippen LogP contribution in [0.1, 0.15) is 24.2 Å². The van der Waals surface area contributed by atoms with Crippen molar-refractivity contribution >= 4 is 11.8 Å². The first kappa shape index (κ1) is 14.2. The molecule has 2 aromatic rings. The van der Waals surface area contributed by atoms with Crippen molar-refractivity contribution in [1.82, 2.24) is 15.1 Å². The van der Waals surface area contributed by atoms with E-state index in [1.165, 1.54) is 10.5 Å². The lowest BCUT2D eigenvalue weighted by atomic mass is 10.1. The summed E-state index contributed by atoms with van der Waals surface area (Å²) >= 11 is 1.88. The molecule has 1 atom stereocenters. The second-order valence-corrected chi connectivity index (χ2v) is 5.85. The van der Waals surface area contributed by atoms with Crippen LogP contribution in [-0.2, 0) is 7.05 Å². The van der Waals surface area contributed by atoms with Crippen LogP contribution in [0.5, 0.6) is 0 Å². The van der Waals surface area contributed by atoms with Gasteiger partial charge in [-0.05, 0) is 26.0 Å². The number of aromatic nitrogens is 2. The zero-order valence-electron chi connectivity index (χ0n) is 11.8. The summed E-state index contributed by atoms with van der Waals surface area (Å²) in [7, 11) is 1.97. The van der Waals surface area contributed by atoms with Crippen molar-refractivity contribution in [3.63, 3.8) is 0 Å². The van der Waals surface area contributed by atoms with Gasteiger partial charge in [0.05, 0.1) is 5.69 Å². The molecule has 102 valence electrons. The van der Waals surface area contributed by atoms with E-state index in [1.54, 1.807) is 0 Å². The monoisotopic (exact) mass is 275 g/mol. The van der Waals surface area contributed by atoms with Gasteiger partial charge in [0.15, 0.2) is 0 Å². The molecule has 0 spiro atoms. The normalized spacial score (nSPS) is 12.6. The molecule has 0 aliphatic carbocycles. The van der Waals surface area contributed by atoms with E-state index in [4.69, 9.17) is 0 Å². The summed E-state index contributed by atoms with van der Waals surface area (Å²) in [5, 5.41) is 7.93. The van der Waals surface area contributed by atoms with Gasteiger partial charge in [-0.25, -0.2) is 0 Å². The Labute approximate surface area is 119 Å². The van der Waals surface area contributed by atoms with E-state index in [2.05, 4.69) is 60.8 Å². The Morgan fingerprint density at radius 1 is 1.32 bits per heavy atom. The van der Waals surface area contributed by atoms with Gasteiger partial charge in [-0.15, -0.1) is 11.8 Å². The Hall–Kier alpha value is -1.26. The molecular weight excluding hydrogens is 254 g/mol. The molecule has 1 aromatic heterocycles. The van der Waals surface area contributed by atoms with Crippen LogP contribution in [0.4, 0.5) is 0 Å². The van der Waals surface area contributed by atoms with Gasteiger partial charge in [0.2, 0.25) is 0 Å². The van der Waals surface area contributed by atoms with Crippen molar-refractivity contribution in [1.29, 1.82) is 0 Å². The van der Waals surface area contributed by atoms with Crippen molar-refractivity contribution in [2.24, 2.45) is 7.05 Å². The van der Waals surface area contributed by atoms with E-state index in [0.29, 0.717) is 6.04 Å². The molecule has 19 heavy (non-hydrogen) atoms. The Bertz CT molecular complexity index is 507. The number of nitrogens with one attached hydrogen (secondary N) is 1. The number of aryl methyl sites for hydroxylation is 2. The fraction of sp³-hybridized carbons (Fsp3) is 0.400. The van der Waals surface area contributed by atoms with Gasteiger partial charge >= 0.3 is 0 Å². The Balaban J connectivity index is 1.75. The van der Waals surface area contributed by atoms with Gasteiger partial charge in [0, 0.05) is 42.0 Å². The summed E-state index contributed by atoms with van der Waals surface area (Å²) in [6, 6.07) is 10.9. The minimum atomic E-state index is 0.352. The number of benzene rings is 1. The number of hydrogen-bond donors (Lipinski definition) is 1. The van der Waals surface area contributed by atoms with Gasteiger partial charge < -0.3 is 5.32 Å². The minimum Gasteiger partial charge on any atom is -0.309 e. The number of hydrogen-bond acceptors (Lipinski definition) is 3. The lowest BCUT2D eigenvalue weighted by Crippen LogP contribution is -2.21. The number of rotatable bonds is 6. The zero-order chi connectivity index (χ0) is 13.7. The smallest absolute Gasteiger partial charge is 0.0641 e. The van der Waals surface area contributed by atoms with Crippen LogP contribution in [0.25, 0.3) is 0 Å². The predicted molar refractivity (Wildman–Crippen MR) is 81.5 cm³/mol. The average molecular weight is 275 g/mol. The van der Waals surface area contributed by atoms with Crippen molar-refractivity contribution in [3.05, 3.63) is 47.8 Å². The summed E-state index contributed by atoms with van der Waals surface area (Å²) < 4.78 is 1.88. The van der Waals surface area contributed by atoms with Crippen LogP contribution in [0.15, 0.2) is 41.4 Å². The summed E-state index contributed by atoms with van der Waals surface area (Å²) in [4.78, 5) is 1.33. The number of thioether (sulfide) groups is 1. The second kappa shape index (κ2) is 6.78. The molecule has 1 aromatic carbocycles. The highest BCUT2D eigenvalue weighted by Gasteiger charge is 2.10. The van der Waals surface area contributed by atoms with Crippen molar-refractivity contribution in [2.45, 2.75) is 24.8 Å². The Morgan fingerprint density at radius 2 is 2.05 bits per heavy atom. The zero-order valence-corrected chi connectivity index (χ0v) is 12.6. The topological polar surface area (TPSA) is 29.9 Å². The molecule has 1 unspecified atom stereocenters. The molecule has 2 rings (SSSR count). The Kier molecular flexibility index (Phi) is 5.05. The van der Waals surface area contributed by atoms with E-state index in [9.17, 15) is 0 Å². The van der Waals surface area contributed by atoms with Gasteiger partial charge in [0.1, 0.15) is 0 Å². The maximum atomic E-state index is 4.38. The Morgan fingerprint density at radius 3 is 2.68 bits per heavy atom. The van der Waals surface area contributed by atoms with Crippen LogP contribution in [-0.4, -0.2) is 22.1 Å². The van der Waals surface area contributed by atoms with Crippen LogP contribution in [0.3, 0.4) is 0 Å². The largest absolute Gasteiger partial charge is 0.309 e. The van der Waals surface area contributed by atoms with Gasteiger partial charge in [-0.1, -0.05) is 18.2 Å². The molecule has 0 saturated heterocycles. The molecule has 0 aliphatic heterocycles. The van der Waals surface area contributed by atoms with Crippen molar-refractivity contribution in [3.8, 4) is 0 Å². The van der Waals surface area contributed by atoms with E-state index >= 15 is 0 Å². The molecule has 3 nitrogen and oxygen atoms in total. The summed E-state index contributed by atoms with van der Waals surface area (Å²) in [6.07, 6.45) is 2.09. The molecule has 0 fully saturated rings. The van der Waals surface area contributed by atoms with E-state index in [0.717, 1.165) is 18.0 Å². The van der Waals surface area contributed by atoms with E-state index < -0.39 is 0 Å². The SMILES string of the molecule is Cc1nn(C)cc1C(C)NCCSc1ccccc1. The molecule has 0 amide bonds. The van der Waals surface area contributed by atoms with Gasteiger partial charge in [0.25, 0.3) is 0 Å². The second-order valence-electron chi connectivity index (χ2n) is 4.68.